The minimum atomic E-state index is -0.827. The number of alkyl halides is 1. The monoisotopic (exact) mass is 432 g/mol. The Labute approximate surface area is 181 Å². The van der Waals surface area contributed by atoms with Crippen LogP contribution in [0.5, 0.6) is 6.01 Å². The second-order valence-corrected chi connectivity index (χ2v) is 9.56. The summed E-state index contributed by atoms with van der Waals surface area (Å²) in [6.07, 6.45) is 7.71. The minimum Gasteiger partial charge on any atom is -0.461 e. The minimum absolute atomic E-state index is 0.0718. The van der Waals surface area contributed by atoms with Gasteiger partial charge in [-0.3, -0.25) is 9.88 Å². The number of nitrogens with one attached hydrogen (secondary N) is 1. The van der Waals surface area contributed by atoms with Crippen LogP contribution in [-0.2, 0) is 0 Å². The largest absolute Gasteiger partial charge is 0.461 e. The third kappa shape index (κ3) is 3.61. The first-order chi connectivity index (χ1) is 14.9. The number of nitrogens with zero attached hydrogens (tertiary/aromatic N) is 5. The summed E-state index contributed by atoms with van der Waals surface area (Å²) in [5.74, 6) is 0.0137. The first-order valence-electron chi connectivity index (χ1n) is 11.2. The van der Waals surface area contributed by atoms with Crippen LogP contribution in [0.15, 0.2) is 12.4 Å². The molecule has 0 bridgehead atoms. The average molecular weight is 433 g/mol. The van der Waals surface area contributed by atoms with Crippen molar-refractivity contribution in [2.75, 3.05) is 45.7 Å². The first kappa shape index (κ1) is 20.8. The summed E-state index contributed by atoms with van der Waals surface area (Å²) in [5.41, 5.74) is -0.0451. The molecule has 3 aliphatic rings. The molecule has 0 spiro atoms. The third-order valence-electron chi connectivity index (χ3n) is 7.59. The van der Waals surface area contributed by atoms with E-state index in [0.717, 1.165) is 38.4 Å². The Morgan fingerprint density at radius 2 is 2.06 bits per heavy atom. The predicted octanol–water partition coefficient (Wildman–Crippen LogP) is 3.02. The zero-order valence-electron chi connectivity index (χ0n) is 18.2. The fourth-order valence-corrected chi connectivity index (χ4v) is 5.45. The van der Waals surface area contributed by atoms with Gasteiger partial charge in [0.05, 0.1) is 17.1 Å². The maximum atomic E-state index is 14.5. The Morgan fingerprint density at radius 1 is 1.23 bits per heavy atom. The van der Waals surface area contributed by atoms with E-state index in [-0.39, 0.29) is 22.6 Å². The molecule has 168 valence electrons. The molecule has 9 heteroatoms. The van der Waals surface area contributed by atoms with Gasteiger partial charge >= 0.3 is 6.01 Å². The van der Waals surface area contributed by atoms with Gasteiger partial charge in [-0.15, -0.1) is 0 Å². The smallest absolute Gasteiger partial charge is 0.319 e. The summed E-state index contributed by atoms with van der Waals surface area (Å²) in [4.78, 5) is 17.3. The van der Waals surface area contributed by atoms with E-state index in [9.17, 15) is 8.78 Å². The molecule has 0 aromatic carbocycles. The summed E-state index contributed by atoms with van der Waals surface area (Å²) in [6, 6.07) is 0.121. The number of hydrogen-bond donors (Lipinski definition) is 1. The molecule has 0 radical (unpaired) electrons. The Balaban J connectivity index is 1.40. The SMILES string of the molecule is CN(C)C1(CNc2nc(OC[C@@]34CCCN3C[C@H](F)C4)nc3c(F)cncc23)CCC1. The normalized spacial score (nSPS) is 27.5. The van der Waals surface area contributed by atoms with E-state index < -0.39 is 12.0 Å². The van der Waals surface area contributed by atoms with Gasteiger partial charge in [-0.05, 0) is 52.7 Å². The highest BCUT2D eigenvalue weighted by molar-refractivity contribution is 5.88. The lowest BCUT2D eigenvalue weighted by Gasteiger charge is -2.47. The van der Waals surface area contributed by atoms with E-state index in [2.05, 4.69) is 44.2 Å². The maximum absolute atomic E-state index is 14.5. The van der Waals surface area contributed by atoms with Crippen molar-refractivity contribution >= 4 is 16.7 Å². The van der Waals surface area contributed by atoms with Crippen molar-refractivity contribution in [3.05, 3.63) is 18.2 Å². The van der Waals surface area contributed by atoms with Crippen LogP contribution < -0.4 is 10.1 Å². The molecule has 1 N–H and O–H groups in total. The van der Waals surface area contributed by atoms with E-state index in [1.807, 2.05) is 0 Å². The highest BCUT2D eigenvalue weighted by Crippen LogP contribution is 2.40. The van der Waals surface area contributed by atoms with Gasteiger partial charge in [0.25, 0.3) is 0 Å². The number of pyridine rings is 1. The van der Waals surface area contributed by atoms with E-state index in [4.69, 9.17) is 4.74 Å². The van der Waals surface area contributed by atoms with Crippen molar-refractivity contribution in [2.45, 2.75) is 55.8 Å². The molecule has 1 saturated carbocycles. The number of hydrogen-bond acceptors (Lipinski definition) is 7. The summed E-state index contributed by atoms with van der Waals surface area (Å²) in [5, 5.41) is 3.94. The Kier molecular flexibility index (Phi) is 5.21. The molecule has 2 aromatic rings. The lowest BCUT2D eigenvalue weighted by Crippen LogP contribution is -2.54. The van der Waals surface area contributed by atoms with Gasteiger partial charge in [-0.25, -0.2) is 8.78 Å². The molecule has 0 unspecified atom stereocenters. The summed E-state index contributed by atoms with van der Waals surface area (Å²) >= 11 is 0. The second-order valence-electron chi connectivity index (χ2n) is 9.56. The number of aromatic nitrogens is 3. The molecule has 2 aliphatic heterocycles. The van der Waals surface area contributed by atoms with Crippen LogP contribution in [0.25, 0.3) is 10.9 Å². The second kappa shape index (κ2) is 7.78. The van der Waals surface area contributed by atoms with E-state index in [1.165, 1.54) is 6.42 Å². The first-order valence-corrected chi connectivity index (χ1v) is 11.2. The highest BCUT2D eigenvalue weighted by atomic mass is 19.1. The van der Waals surface area contributed by atoms with Gasteiger partial charge in [-0.1, -0.05) is 0 Å². The molecular weight excluding hydrogens is 402 g/mol. The van der Waals surface area contributed by atoms with Gasteiger partial charge in [0, 0.05) is 31.2 Å². The fraction of sp³-hybridized carbons (Fsp3) is 0.682. The maximum Gasteiger partial charge on any atom is 0.319 e. The average Bonchev–Trinajstić information content (AvgIpc) is 3.21. The van der Waals surface area contributed by atoms with Gasteiger partial charge in [0.1, 0.15) is 24.1 Å². The molecule has 1 aliphatic carbocycles. The Bertz CT molecular complexity index is 968. The molecule has 4 heterocycles. The lowest BCUT2D eigenvalue weighted by atomic mass is 9.75. The molecule has 2 saturated heterocycles. The van der Waals surface area contributed by atoms with Crippen LogP contribution >= 0.6 is 0 Å². The molecule has 0 amide bonds. The van der Waals surface area contributed by atoms with Gasteiger partial charge in [0.15, 0.2) is 5.82 Å². The molecule has 2 atom stereocenters. The molecule has 2 aromatic heterocycles. The van der Waals surface area contributed by atoms with Crippen LogP contribution in [0.3, 0.4) is 0 Å². The van der Waals surface area contributed by atoms with Gasteiger partial charge in [0.2, 0.25) is 0 Å². The Hall–Kier alpha value is -2.13. The quantitative estimate of drug-likeness (QED) is 0.721. The van der Waals surface area contributed by atoms with Crippen LogP contribution in [0.4, 0.5) is 14.6 Å². The third-order valence-corrected chi connectivity index (χ3v) is 7.59. The van der Waals surface area contributed by atoms with Crippen molar-refractivity contribution < 1.29 is 13.5 Å². The molecule has 31 heavy (non-hydrogen) atoms. The summed E-state index contributed by atoms with van der Waals surface area (Å²) in [6.45, 7) is 2.36. The van der Waals surface area contributed by atoms with Crippen LogP contribution in [0.2, 0.25) is 0 Å². The van der Waals surface area contributed by atoms with Gasteiger partial charge in [-0.2, -0.15) is 9.97 Å². The van der Waals surface area contributed by atoms with Crippen LogP contribution in [-0.4, -0.2) is 82.3 Å². The number of likely N-dealkylation sites (N-methyl/N-ethyl adjacent to an activating group) is 1. The number of anilines is 1. The molecule has 3 fully saturated rings. The van der Waals surface area contributed by atoms with Crippen LogP contribution in [0, 0.1) is 5.82 Å². The number of halogens is 2. The number of ether oxygens (including phenoxy) is 1. The fourth-order valence-electron chi connectivity index (χ4n) is 5.45. The standard InChI is InChI=1S/C22H30F2N6O/c1-29(2)21(5-3-6-21)13-26-19-16-10-25-11-17(24)18(16)27-20(28-19)31-14-22-7-4-8-30(22)12-15(23)9-22/h10-11,15H,3-9,12-14H2,1-2H3,(H,26,27,28)/t15-,22+/m1/s1. The zero-order chi connectivity index (χ0) is 21.6. The molecule has 7 nitrogen and oxygen atoms in total. The van der Waals surface area contributed by atoms with E-state index in [0.29, 0.717) is 37.3 Å². The van der Waals surface area contributed by atoms with Crippen molar-refractivity contribution in [3.63, 3.8) is 0 Å². The van der Waals surface area contributed by atoms with E-state index >= 15 is 0 Å². The predicted molar refractivity (Wildman–Crippen MR) is 115 cm³/mol. The van der Waals surface area contributed by atoms with Crippen molar-refractivity contribution in [1.29, 1.82) is 0 Å². The Morgan fingerprint density at radius 3 is 2.81 bits per heavy atom. The lowest BCUT2D eigenvalue weighted by molar-refractivity contribution is 0.0738. The van der Waals surface area contributed by atoms with E-state index in [1.54, 1.807) is 6.20 Å². The topological polar surface area (TPSA) is 66.4 Å². The highest BCUT2D eigenvalue weighted by Gasteiger charge is 2.49. The van der Waals surface area contributed by atoms with Crippen molar-refractivity contribution in [3.8, 4) is 6.01 Å². The summed E-state index contributed by atoms with van der Waals surface area (Å²) < 4.78 is 34.6. The van der Waals surface area contributed by atoms with Crippen molar-refractivity contribution in [1.82, 2.24) is 24.8 Å². The number of rotatable bonds is 7. The zero-order valence-corrected chi connectivity index (χ0v) is 18.2. The van der Waals surface area contributed by atoms with Crippen LogP contribution in [0.1, 0.15) is 38.5 Å². The molecular formula is C22H30F2N6O. The van der Waals surface area contributed by atoms with Crippen molar-refractivity contribution in [2.24, 2.45) is 0 Å². The van der Waals surface area contributed by atoms with Gasteiger partial charge < -0.3 is 15.0 Å². The molecule has 5 rings (SSSR count). The summed E-state index contributed by atoms with van der Waals surface area (Å²) in [7, 11) is 4.17. The number of fused-ring (bicyclic) bond motifs is 2.